The lowest BCUT2D eigenvalue weighted by atomic mass is 10.2. The first kappa shape index (κ1) is 19.2. The number of hydrogen-bond acceptors (Lipinski definition) is 5. The molecule has 0 saturated heterocycles. The second kappa shape index (κ2) is 9.97. The van der Waals surface area contributed by atoms with Gasteiger partial charge >= 0.3 is 6.08 Å². The maximum Gasteiger partial charge on any atom is 0.400 e. The van der Waals surface area contributed by atoms with Crippen molar-refractivity contribution in [2.45, 2.75) is 33.1 Å². The largest absolute Gasteiger partial charge is 0.492 e. The number of rotatable bonds is 11. The highest BCUT2D eigenvalue weighted by molar-refractivity contribution is 5.72. The van der Waals surface area contributed by atoms with Gasteiger partial charge in [-0.15, -0.1) is 0 Å². The van der Waals surface area contributed by atoms with E-state index in [1.807, 2.05) is 48.5 Å². The molecular weight excluding hydrogens is 340 g/mol. The van der Waals surface area contributed by atoms with Crippen LogP contribution in [-0.4, -0.2) is 36.1 Å². The first-order valence-corrected chi connectivity index (χ1v) is 9.77. The molecule has 0 spiro atoms. The third-order valence-electron chi connectivity index (χ3n) is 4.50. The molecule has 0 aliphatic carbocycles. The first-order valence-electron chi connectivity index (χ1n) is 9.77. The van der Waals surface area contributed by atoms with E-state index in [2.05, 4.69) is 23.7 Å². The van der Waals surface area contributed by atoms with Gasteiger partial charge in [-0.25, -0.2) is 0 Å². The van der Waals surface area contributed by atoms with Gasteiger partial charge in [-0.3, -0.25) is 0 Å². The molecule has 0 atom stereocenters. The number of aromatic nitrogens is 1. The van der Waals surface area contributed by atoms with Crippen LogP contribution in [0.2, 0.25) is 0 Å². The Hall–Kier alpha value is -2.53. The zero-order valence-electron chi connectivity index (χ0n) is 16.2. The van der Waals surface area contributed by atoms with Crippen LogP contribution in [0.15, 0.2) is 52.9 Å². The topological polar surface area (TPSA) is 47.7 Å². The lowest BCUT2D eigenvalue weighted by Crippen LogP contribution is -2.29. The van der Waals surface area contributed by atoms with E-state index < -0.39 is 0 Å². The zero-order valence-corrected chi connectivity index (χ0v) is 16.2. The molecule has 0 amide bonds. The van der Waals surface area contributed by atoms with E-state index in [9.17, 15) is 0 Å². The fourth-order valence-electron chi connectivity index (χ4n) is 2.91. The summed E-state index contributed by atoms with van der Waals surface area (Å²) in [5.41, 5.74) is 1.50. The van der Waals surface area contributed by atoms with Gasteiger partial charge in [0, 0.05) is 6.54 Å². The standard InChI is InChI=1S/C22H28N2O3/c1-3-5-8-15-24(4-2)16-17-25-18-11-13-19(14-12-18)26-22-23-20-9-6-7-10-21(20)27-22/h6-7,9-14H,3-5,8,15-17H2,1-2H3. The zero-order chi connectivity index (χ0) is 18.9. The average Bonchev–Trinajstić information content (AvgIpc) is 3.10. The Labute approximate surface area is 160 Å². The van der Waals surface area contributed by atoms with Crippen LogP contribution >= 0.6 is 0 Å². The van der Waals surface area contributed by atoms with Gasteiger partial charge in [-0.05, 0) is 55.9 Å². The SMILES string of the molecule is CCCCCN(CC)CCOc1ccc(Oc2nc3ccccc3o2)cc1. The molecule has 0 aliphatic rings. The molecule has 0 aliphatic heterocycles. The maximum atomic E-state index is 5.86. The lowest BCUT2D eigenvalue weighted by Gasteiger charge is -2.20. The lowest BCUT2D eigenvalue weighted by molar-refractivity contribution is 0.212. The summed E-state index contributed by atoms with van der Waals surface area (Å²) in [4.78, 5) is 6.74. The number of oxazole rings is 1. The van der Waals surface area contributed by atoms with Crippen molar-refractivity contribution >= 4 is 11.1 Å². The van der Waals surface area contributed by atoms with E-state index in [1.54, 1.807) is 0 Å². The smallest absolute Gasteiger partial charge is 0.400 e. The van der Waals surface area contributed by atoms with Crippen molar-refractivity contribution in [2.75, 3.05) is 26.2 Å². The minimum atomic E-state index is 0.246. The first-order chi connectivity index (χ1) is 13.3. The Bertz CT molecular complexity index is 781. The van der Waals surface area contributed by atoms with Gasteiger partial charge in [0.25, 0.3) is 0 Å². The number of likely N-dealkylation sites (N-methyl/N-ethyl adjacent to an activating group) is 1. The molecule has 3 rings (SSSR count). The van der Waals surface area contributed by atoms with E-state index in [-0.39, 0.29) is 6.08 Å². The number of nitrogens with zero attached hydrogens (tertiary/aromatic N) is 2. The summed E-state index contributed by atoms with van der Waals surface area (Å²) in [6, 6.07) is 15.1. The van der Waals surface area contributed by atoms with E-state index in [4.69, 9.17) is 13.9 Å². The molecule has 144 valence electrons. The molecular formula is C22H28N2O3. The molecule has 5 heteroatoms. The predicted octanol–water partition coefficient (Wildman–Crippen LogP) is 5.51. The fraction of sp³-hybridized carbons (Fsp3) is 0.409. The number of hydrogen-bond donors (Lipinski definition) is 0. The van der Waals surface area contributed by atoms with E-state index in [0.717, 1.165) is 30.9 Å². The van der Waals surface area contributed by atoms with Crippen LogP contribution in [0.5, 0.6) is 17.6 Å². The number of fused-ring (bicyclic) bond motifs is 1. The summed E-state index contributed by atoms with van der Waals surface area (Å²) < 4.78 is 17.1. The highest BCUT2D eigenvalue weighted by atomic mass is 16.6. The van der Waals surface area contributed by atoms with Crippen LogP contribution in [0.4, 0.5) is 0 Å². The van der Waals surface area contributed by atoms with E-state index in [0.29, 0.717) is 17.9 Å². The van der Waals surface area contributed by atoms with Crippen molar-refractivity contribution in [1.29, 1.82) is 0 Å². The van der Waals surface area contributed by atoms with Crippen molar-refractivity contribution < 1.29 is 13.9 Å². The summed E-state index contributed by atoms with van der Waals surface area (Å²) in [6.07, 6.45) is 4.05. The van der Waals surface area contributed by atoms with Gasteiger partial charge in [-0.2, -0.15) is 4.98 Å². The minimum absolute atomic E-state index is 0.246. The van der Waals surface area contributed by atoms with Crippen LogP contribution in [0.1, 0.15) is 33.1 Å². The van der Waals surface area contributed by atoms with Crippen molar-refractivity contribution in [3.8, 4) is 17.6 Å². The second-order valence-electron chi connectivity index (χ2n) is 6.51. The summed E-state index contributed by atoms with van der Waals surface area (Å²) in [5, 5.41) is 0. The number of ether oxygens (including phenoxy) is 2. The van der Waals surface area contributed by atoms with Crippen molar-refractivity contribution in [2.24, 2.45) is 0 Å². The van der Waals surface area contributed by atoms with Gasteiger partial charge in [0.2, 0.25) is 0 Å². The molecule has 0 saturated carbocycles. The van der Waals surface area contributed by atoms with E-state index >= 15 is 0 Å². The van der Waals surface area contributed by atoms with Crippen molar-refractivity contribution in [1.82, 2.24) is 9.88 Å². The van der Waals surface area contributed by atoms with Gasteiger partial charge < -0.3 is 18.8 Å². The molecule has 27 heavy (non-hydrogen) atoms. The number of para-hydroxylation sites is 2. The summed E-state index contributed by atoms with van der Waals surface area (Å²) in [5.74, 6) is 1.51. The van der Waals surface area contributed by atoms with Crippen LogP contribution in [-0.2, 0) is 0 Å². The molecule has 0 N–H and O–H groups in total. The van der Waals surface area contributed by atoms with Gasteiger partial charge in [-0.1, -0.05) is 38.8 Å². The predicted molar refractivity (Wildman–Crippen MR) is 108 cm³/mol. The molecule has 0 unspecified atom stereocenters. The van der Waals surface area contributed by atoms with Gasteiger partial charge in [0.05, 0.1) is 0 Å². The minimum Gasteiger partial charge on any atom is -0.492 e. The maximum absolute atomic E-state index is 5.86. The number of unbranched alkanes of at least 4 members (excludes halogenated alkanes) is 2. The highest BCUT2D eigenvalue weighted by Crippen LogP contribution is 2.26. The van der Waals surface area contributed by atoms with E-state index in [1.165, 1.54) is 19.3 Å². The molecule has 0 fully saturated rings. The molecule has 5 nitrogen and oxygen atoms in total. The fourth-order valence-corrected chi connectivity index (χ4v) is 2.91. The van der Waals surface area contributed by atoms with Crippen LogP contribution in [0.25, 0.3) is 11.1 Å². The molecule has 1 heterocycles. The average molecular weight is 368 g/mol. The number of benzene rings is 2. The molecule has 1 aromatic heterocycles. The second-order valence-corrected chi connectivity index (χ2v) is 6.51. The Morgan fingerprint density at radius 2 is 1.70 bits per heavy atom. The quantitative estimate of drug-likeness (QED) is 0.418. The monoisotopic (exact) mass is 368 g/mol. The Morgan fingerprint density at radius 3 is 2.44 bits per heavy atom. The Balaban J connectivity index is 1.47. The molecule has 0 radical (unpaired) electrons. The van der Waals surface area contributed by atoms with Crippen LogP contribution in [0, 0.1) is 0 Å². The third kappa shape index (κ3) is 5.73. The van der Waals surface area contributed by atoms with Crippen LogP contribution < -0.4 is 9.47 Å². The Kier molecular flexibility index (Phi) is 7.11. The normalized spacial score (nSPS) is 11.2. The molecule has 2 aromatic carbocycles. The summed E-state index contributed by atoms with van der Waals surface area (Å²) in [7, 11) is 0. The third-order valence-corrected chi connectivity index (χ3v) is 4.50. The van der Waals surface area contributed by atoms with Crippen molar-refractivity contribution in [3.05, 3.63) is 48.5 Å². The highest BCUT2D eigenvalue weighted by Gasteiger charge is 2.08. The van der Waals surface area contributed by atoms with Crippen LogP contribution in [0.3, 0.4) is 0 Å². The molecule has 0 bridgehead atoms. The van der Waals surface area contributed by atoms with Gasteiger partial charge in [0.15, 0.2) is 5.58 Å². The van der Waals surface area contributed by atoms with Gasteiger partial charge in [0.1, 0.15) is 23.6 Å². The molecule has 3 aromatic rings. The Morgan fingerprint density at radius 1 is 0.926 bits per heavy atom. The van der Waals surface area contributed by atoms with Crippen molar-refractivity contribution in [3.63, 3.8) is 0 Å². The summed E-state index contributed by atoms with van der Waals surface area (Å²) in [6.45, 7) is 8.27. The summed E-state index contributed by atoms with van der Waals surface area (Å²) >= 11 is 0.